The van der Waals surface area contributed by atoms with Crippen LogP contribution in [0.1, 0.15) is 43.4 Å². The summed E-state index contributed by atoms with van der Waals surface area (Å²) in [5, 5.41) is 0. The quantitative estimate of drug-likeness (QED) is 0.663. The van der Waals surface area contributed by atoms with Gasteiger partial charge in [0.2, 0.25) is 0 Å². The first-order valence-electron chi connectivity index (χ1n) is 8.97. The molecule has 2 aromatic carbocycles. The lowest BCUT2D eigenvalue weighted by atomic mass is 10.1. The molecular weight excluding hydrogens is 383 g/mol. The summed E-state index contributed by atoms with van der Waals surface area (Å²) in [6.45, 7) is 0.217. The summed E-state index contributed by atoms with van der Waals surface area (Å²) in [6, 6.07) is 11.6. The molecular formula is C21H16F3N3O2. The monoisotopic (exact) mass is 399 g/mol. The average Bonchev–Trinajstić information content (AvgIpc) is 3.23. The van der Waals surface area contributed by atoms with Gasteiger partial charge in [-0.3, -0.25) is 14.5 Å². The van der Waals surface area contributed by atoms with E-state index in [4.69, 9.17) is 0 Å². The summed E-state index contributed by atoms with van der Waals surface area (Å²) in [5.74, 6) is -0.0210. The highest BCUT2D eigenvalue weighted by Crippen LogP contribution is 2.29. The Morgan fingerprint density at radius 2 is 1.55 bits per heavy atom. The van der Waals surface area contributed by atoms with Crippen molar-refractivity contribution in [2.45, 2.75) is 19.0 Å². The van der Waals surface area contributed by atoms with Crippen LogP contribution >= 0.6 is 0 Å². The number of amides is 2. The fraction of sp³-hybridized carbons (Fsp3) is 0.190. The summed E-state index contributed by atoms with van der Waals surface area (Å²) in [4.78, 5) is 33.3. The van der Waals surface area contributed by atoms with Gasteiger partial charge >= 0.3 is 6.18 Å². The Hall–Kier alpha value is -3.42. The van der Waals surface area contributed by atoms with Crippen molar-refractivity contribution in [2.75, 3.05) is 6.54 Å². The van der Waals surface area contributed by atoms with Crippen LogP contribution < -0.4 is 0 Å². The van der Waals surface area contributed by atoms with Crippen LogP contribution in [0.25, 0.3) is 0 Å². The molecule has 0 unspecified atom stereocenters. The van der Waals surface area contributed by atoms with E-state index >= 15 is 0 Å². The number of aromatic amines is 1. The van der Waals surface area contributed by atoms with E-state index in [1.54, 1.807) is 30.5 Å². The molecule has 1 N–H and O–H groups in total. The van der Waals surface area contributed by atoms with Crippen LogP contribution in [0, 0.1) is 0 Å². The third-order valence-corrected chi connectivity index (χ3v) is 4.82. The molecule has 1 aliphatic heterocycles. The lowest BCUT2D eigenvalue weighted by Gasteiger charge is -2.12. The van der Waals surface area contributed by atoms with E-state index in [0.717, 1.165) is 17.8 Å². The molecule has 2 heterocycles. The molecule has 5 nitrogen and oxygen atoms in total. The predicted octanol–water partition coefficient (Wildman–Crippen LogP) is 3.86. The third kappa shape index (κ3) is 3.78. The molecule has 0 radical (unpaired) electrons. The second kappa shape index (κ2) is 7.20. The van der Waals surface area contributed by atoms with E-state index in [-0.39, 0.29) is 18.4 Å². The van der Waals surface area contributed by atoms with Crippen molar-refractivity contribution in [1.82, 2.24) is 14.9 Å². The number of nitrogens with zero attached hydrogens (tertiary/aromatic N) is 2. The Balaban J connectivity index is 1.38. The number of imide groups is 1. The minimum atomic E-state index is -4.36. The summed E-state index contributed by atoms with van der Waals surface area (Å²) in [6.07, 6.45) is -1.99. The largest absolute Gasteiger partial charge is 0.416 e. The van der Waals surface area contributed by atoms with E-state index in [1.807, 2.05) is 0 Å². The Kier molecular flexibility index (Phi) is 4.70. The Morgan fingerprint density at radius 1 is 0.931 bits per heavy atom. The number of nitrogens with one attached hydrogen (secondary N) is 1. The predicted molar refractivity (Wildman–Crippen MR) is 98.4 cm³/mol. The molecule has 0 atom stereocenters. The van der Waals surface area contributed by atoms with Crippen molar-refractivity contribution in [3.05, 3.63) is 88.5 Å². The van der Waals surface area contributed by atoms with Crippen LogP contribution in [0.5, 0.6) is 0 Å². The summed E-state index contributed by atoms with van der Waals surface area (Å²) in [7, 11) is 0. The molecule has 0 bridgehead atoms. The topological polar surface area (TPSA) is 66.1 Å². The van der Waals surface area contributed by atoms with Crippen LogP contribution in [0.3, 0.4) is 0 Å². The number of carbonyl (C=O) groups excluding carboxylic acids is 2. The van der Waals surface area contributed by atoms with Gasteiger partial charge in [0, 0.05) is 31.3 Å². The van der Waals surface area contributed by atoms with E-state index in [9.17, 15) is 22.8 Å². The van der Waals surface area contributed by atoms with Crippen LogP contribution in [0.2, 0.25) is 0 Å². The molecule has 148 valence electrons. The molecule has 1 aromatic heterocycles. The third-order valence-electron chi connectivity index (χ3n) is 4.82. The normalized spacial score (nSPS) is 13.8. The van der Waals surface area contributed by atoms with Crippen molar-refractivity contribution >= 4 is 11.8 Å². The maximum atomic E-state index is 12.6. The minimum absolute atomic E-state index is 0.217. The molecule has 0 fully saturated rings. The summed E-state index contributed by atoms with van der Waals surface area (Å²) < 4.78 is 37.9. The lowest BCUT2D eigenvalue weighted by Crippen LogP contribution is -2.31. The minimum Gasteiger partial charge on any atom is -0.346 e. The van der Waals surface area contributed by atoms with Gasteiger partial charge in [-0.25, -0.2) is 4.98 Å². The molecule has 8 heteroatoms. The second-order valence-electron chi connectivity index (χ2n) is 6.78. The summed E-state index contributed by atoms with van der Waals surface area (Å²) in [5.41, 5.74) is 1.56. The zero-order chi connectivity index (χ0) is 20.6. The molecule has 1 aliphatic rings. The highest BCUT2D eigenvalue weighted by Gasteiger charge is 2.34. The van der Waals surface area contributed by atoms with Gasteiger partial charge < -0.3 is 4.98 Å². The zero-order valence-corrected chi connectivity index (χ0v) is 15.2. The molecule has 0 spiro atoms. The lowest BCUT2D eigenvalue weighted by molar-refractivity contribution is -0.137. The molecule has 2 amide bonds. The highest BCUT2D eigenvalue weighted by atomic mass is 19.4. The number of halogens is 3. The Bertz CT molecular complexity index is 1040. The smallest absolute Gasteiger partial charge is 0.346 e. The summed E-state index contributed by atoms with van der Waals surface area (Å²) >= 11 is 0. The number of hydrogen-bond donors (Lipinski definition) is 1. The van der Waals surface area contributed by atoms with Crippen molar-refractivity contribution in [1.29, 1.82) is 0 Å². The fourth-order valence-corrected chi connectivity index (χ4v) is 3.30. The van der Waals surface area contributed by atoms with Crippen LogP contribution in [0.4, 0.5) is 13.2 Å². The first kappa shape index (κ1) is 18.9. The maximum absolute atomic E-state index is 12.6. The number of alkyl halides is 3. The molecule has 4 rings (SSSR count). The zero-order valence-electron chi connectivity index (χ0n) is 15.2. The number of rotatable bonds is 5. The molecule has 0 saturated carbocycles. The first-order valence-corrected chi connectivity index (χ1v) is 8.97. The van der Waals surface area contributed by atoms with Gasteiger partial charge in [-0.2, -0.15) is 13.2 Å². The number of hydrogen-bond acceptors (Lipinski definition) is 3. The maximum Gasteiger partial charge on any atom is 0.416 e. The number of benzene rings is 2. The SMILES string of the molecule is O=C1c2ccccc2C(=O)N1CCc1cnc(Cc2ccc(C(F)(F)F)cc2)[nH]1. The van der Waals surface area contributed by atoms with E-state index < -0.39 is 11.7 Å². The first-order chi connectivity index (χ1) is 13.8. The molecule has 3 aromatic rings. The van der Waals surface area contributed by atoms with E-state index in [1.165, 1.54) is 17.0 Å². The van der Waals surface area contributed by atoms with Gasteiger partial charge in [0.25, 0.3) is 11.8 Å². The molecule has 29 heavy (non-hydrogen) atoms. The van der Waals surface area contributed by atoms with Crippen molar-refractivity contribution in [3.8, 4) is 0 Å². The number of H-pyrrole nitrogens is 1. The van der Waals surface area contributed by atoms with Crippen LogP contribution in [-0.4, -0.2) is 33.2 Å². The second-order valence-corrected chi connectivity index (χ2v) is 6.78. The number of carbonyl (C=O) groups is 2. The van der Waals surface area contributed by atoms with Gasteiger partial charge in [0.1, 0.15) is 5.82 Å². The Labute approximate surface area is 164 Å². The van der Waals surface area contributed by atoms with Crippen molar-refractivity contribution < 1.29 is 22.8 Å². The fourth-order valence-electron chi connectivity index (χ4n) is 3.30. The average molecular weight is 399 g/mol. The van der Waals surface area contributed by atoms with Gasteiger partial charge in [-0.05, 0) is 29.8 Å². The number of fused-ring (bicyclic) bond motifs is 1. The van der Waals surface area contributed by atoms with Gasteiger partial charge in [0.05, 0.1) is 16.7 Å². The van der Waals surface area contributed by atoms with Gasteiger partial charge in [0.15, 0.2) is 0 Å². The van der Waals surface area contributed by atoms with Gasteiger partial charge in [-0.1, -0.05) is 24.3 Å². The van der Waals surface area contributed by atoms with E-state index in [2.05, 4.69) is 9.97 Å². The molecule has 0 saturated heterocycles. The standard InChI is InChI=1S/C21H16F3N3O2/c22-21(23,24)14-7-5-13(6-8-14)11-18-25-12-15(26-18)9-10-27-19(28)16-3-1-2-4-17(16)20(27)29/h1-8,12H,9-11H2,(H,25,26). The van der Waals surface area contributed by atoms with E-state index in [0.29, 0.717) is 35.4 Å². The Morgan fingerprint density at radius 3 is 2.14 bits per heavy atom. The molecule has 0 aliphatic carbocycles. The van der Waals surface area contributed by atoms with Crippen LogP contribution in [0.15, 0.2) is 54.7 Å². The van der Waals surface area contributed by atoms with Gasteiger partial charge in [-0.15, -0.1) is 0 Å². The van der Waals surface area contributed by atoms with Crippen LogP contribution in [-0.2, 0) is 19.0 Å². The highest BCUT2D eigenvalue weighted by molar-refractivity contribution is 6.21. The van der Waals surface area contributed by atoms with Crippen molar-refractivity contribution in [3.63, 3.8) is 0 Å². The van der Waals surface area contributed by atoms with Crippen molar-refractivity contribution in [2.24, 2.45) is 0 Å². The number of aromatic nitrogens is 2. The number of imidazole rings is 1.